The molecule has 1 amide bonds. The van der Waals surface area contributed by atoms with Crippen LogP contribution < -0.4 is 10.2 Å². The molecule has 0 aliphatic rings. The summed E-state index contributed by atoms with van der Waals surface area (Å²) in [4.78, 5) is 18.3. The lowest BCUT2D eigenvalue weighted by Gasteiger charge is -2.17. The van der Waals surface area contributed by atoms with Gasteiger partial charge in [-0.15, -0.1) is 0 Å². The Labute approximate surface area is 124 Å². The standard InChI is InChI=1S/C16H19N3O2/c1-19(2)15-10-13(8-9-17-15)16(21)18-14(11-20)12-6-4-3-5-7-12/h3-10,14,20H,11H2,1-2H3,(H,18,21). The third-order valence-electron chi connectivity index (χ3n) is 3.16. The minimum Gasteiger partial charge on any atom is -0.394 e. The third kappa shape index (κ3) is 3.79. The van der Waals surface area contributed by atoms with Gasteiger partial charge in [-0.3, -0.25) is 4.79 Å². The van der Waals surface area contributed by atoms with E-state index in [4.69, 9.17) is 0 Å². The number of nitrogens with zero attached hydrogens (tertiary/aromatic N) is 2. The van der Waals surface area contributed by atoms with E-state index in [9.17, 15) is 9.90 Å². The van der Waals surface area contributed by atoms with Crippen LogP contribution in [-0.2, 0) is 0 Å². The summed E-state index contributed by atoms with van der Waals surface area (Å²) in [6, 6.07) is 12.3. The molecule has 0 bridgehead atoms. The first-order chi connectivity index (χ1) is 10.1. The van der Waals surface area contributed by atoms with Gasteiger partial charge in [-0.2, -0.15) is 0 Å². The van der Waals surface area contributed by atoms with Crippen LogP contribution in [0.15, 0.2) is 48.7 Å². The van der Waals surface area contributed by atoms with Gasteiger partial charge in [-0.1, -0.05) is 30.3 Å². The molecule has 1 heterocycles. The highest BCUT2D eigenvalue weighted by molar-refractivity contribution is 5.95. The molecule has 21 heavy (non-hydrogen) atoms. The second-order valence-electron chi connectivity index (χ2n) is 4.92. The second-order valence-corrected chi connectivity index (χ2v) is 4.92. The Morgan fingerprint density at radius 3 is 2.62 bits per heavy atom. The van der Waals surface area contributed by atoms with Gasteiger partial charge < -0.3 is 15.3 Å². The number of anilines is 1. The lowest BCUT2D eigenvalue weighted by Crippen LogP contribution is -2.31. The van der Waals surface area contributed by atoms with E-state index >= 15 is 0 Å². The van der Waals surface area contributed by atoms with E-state index in [1.54, 1.807) is 18.3 Å². The zero-order valence-electron chi connectivity index (χ0n) is 12.2. The Bertz CT molecular complexity index is 599. The lowest BCUT2D eigenvalue weighted by molar-refractivity contribution is 0.0916. The SMILES string of the molecule is CN(C)c1cc(C(=O)NC(CO)c2ccccc2)ccn1. The van der Waals surface area contributed by atoms with Gasteiger partial charge in [-0.25, -0.2) is 4.98 Å². The Morgan fingerprint density at radius 1 is 1.29 bits per heavy atom. The monoisotopic (exact) mass is 285 g/mol. The summed E-state index contributed by atoms with van der Waals surface area (Å²) in [5, 5.41) is 12.3. The molecule has 110 valence electrons. The van der Waals surface area contributed by atoms with Crippen molar-refractivity contribution in [1.29, 1.82) is 0 Å². The minimum atomic E-state index is -0.422. The summed E-state index contributed by atoms with van der Waals surface area (Å²) in [5.41, 5.74) is 1.39. The lowest BCUT2D eigenvalue weighted by atomic mass is 10.1. The Balaban J connectivity index is 2.15. The molecule has 5 nitrogen and oxygen atoms in total. The molecule has 1 atom stereocenters. The highest BCUT2D eigenvalue weighted by Crippen LogP contribution is 2.14. The van der Waals surface area contributed by atoms with Crippen LogP contribution in [0.2, 0.25) is 0 Å². The fourth-order valence-corrected chi connectivity index (χ4v) is 1.97. The summed E-state index contributed by atoms with van der Waals surface area (Å²) < 4.78 is 0. The van der Waals surface area contributed by atoms with Gasteiger partial charge in [0.05, 0.1) is 12.6 Å². The molecule has 2 rings (SSSR count). The van der Waals surface area contributed by atoms with Crippen molar-refractivity contribution in [3.05, 3.63) is 59.8 Å². The van der Waals surface area contributed by atoms with Gasteiger partial charge >= 0.3 is 0 Å². The highest BCUT2D eigenvalue weighted by Gasteiger charge is 2.15. The van der Waals surface area contributed by atoms with Crippen molar-refractivity contribution in [1.82, 2.24) is 10.3 Å². The quantitative estimate of drug-likeness (QED) is 0.876. The number of nitrogens with one attached hydrogen (secondary N) is 1. The molecule has 0 radical (unpaired) electrons. The van der Waals surface area contributed by atoms with Gasteiger partial charge in [0.25, 0.3) is 5.91 Å². The van der Waals surface area contributed by atoms with Crippen molar-refractivity contribution >= 4 is 11.7 Å². The minimum absolute atomic E-state index is 0.151. The van der Waals surface area contributed by atoms with Crippen LogP contribution in [-0.4, -0.2) is 36.7 Å². The molecule has 0 aliphatic carbocycles. The van der Waals surface area contributed by atoms with Gasteiger partial charge in [0, 0.05) is 25.9 Å². The number of carbonyl (C=O) groups is 1. The topological polar surface area (TPSA) is 65.5 Å². The molecule has 0 spiro atoms. The summed E-state index contributed by atoms with van der Waals surface area (Å²) in [6.07, 6.45) is 1.60. The van der Waals surface area contributed by atoms with Crippen LogP contribution in [0.4, 0.5) is 5.82 Å². The van der Waals surface area contributed by atoms with Gasteiger partial charge in [0.1, 0.15) is 5.82 Å². The van der Waals surface area contributed by atoms with E-state index in [1.807, 2.05) is 49.3 Å². The summed E-state index contributed by atoms with van der Waals surface area (Å²) in [7, 11) is 3.73. The molecular formula is C16H19N3O2. The first-order valence-corrected chi connectivity index (χ1v) is 6.72. The van der Waals surface area contributed by atoms with E-state index in [2.05, 4.69) is 10.3 Å². The molecule has 2 aromatic rings. The molecule has 1 aromatic heterocycles. The molecule has 2 N–H and O–H groups in total. The van der Waals surface area contributed by atoms with Crippen LogP contribution >= 0.6 is 0 Å². The number of aromatic nitrogens is 1. The molecule has 0 saturated heterocycles. The first kappa shape index (κ1) is 15.0. The van der Waals surface area contributed by atoms with Crippen LogP contribution in [0.3, 0.4) is 0 Å². The smallest absolute Gasteiger partial charge is 0.252 e. The normalized spacial score (nSPS) is 11.8. The third-order valence-corrected chi connectivity index (χ3v) is 3.16. The van der Waals surface area contributed by atoms with Crippen LogP contribution in [0.25, 0.3) is 0 Å². The summed E-state index contributed by atoms with van der Waals surface area (Å²) in [5.74, 6) is 0.478. The number of rotatable bonds is 5. The molecular weight excluding hydrogens is 266 g/mol. The van der Waals surface area contributed by atoms with Crippen molar-refractivity contribution in [3.8, 4) is 0 Å². The number of hydrogen-bond donors (Lipinski definition) is 2. The molecule has 1 unspecified atom stereocenters. The Kier molecular flexibility index (Phi) is 4.90. The fourth-order valence-electron chi connectivity index (χ4n) is 1.97. The number of carbonyl (C=O) groups excluding carboxylic acids is 1. The van der Waals surface area contributed by atoms with Gasteiger partial charge in [0.15, 0.2) is 0 Å². The average molecular weight is 285 g/mol. The number of aliphatic hydroxyl groups is 1. The second kappa shape index (κ2) is 6.85. The molecule has 0 saturated carbocycles. The summed E-state index contributed by atoms with van der Waals surface area (Å²) >= 11 is 0. The van der Waals surface area contributed by atoms with Crippen molar-refractivity contribution in [2.24, 2.45) is 0 Å². The maximum atomic E-state index is 12.3. The largest absolute Gasteiger partial charge is 0.394 e. The number of pyridine rings is 1. The predicted molar refractivity (Wildman–Crippen MR) is 82.3 cm³/mol. The average Bonchev–Trinajstić information content (AvgIpc) is 2.53. The first-order valence-electron chi connectivity index (χ1n) is 6.72. The van der Waals surface area contributed by atoms with Crippen molar-refractivity contribution < 1.29 is 9.90 Å². The Hall–Kier alpha value is -2.40. The summed E-state index contributed by atoms with van der Waals surface area (Å²) in [6.45, 7) is -0.151. The van der Waals surface area contributed by atoms with Crippen LogP contribution in [0.5, 0.6) is 0 Å². The van der Waals surface area contributed by atoms with E-state index < -0.39 is 6.04 Å². The van der Waals surface area contributed by atoms with E-state index in [0.717, 1.165) is 5.56 Å². The molecule has 1 aromatic carbocycles. The van der Waals surface area contributed by atoms with Crippen LogP contribution in [0, 0.1) is 0 Å². The van der Waals surface area contributed by atoms with Crippen molar-refractivity contribution in [2.45, 2.75) is 6.04 Å². The van der Waals surface area contributed by atoms with Crippen molar-refractivity contribution in [2.75, 3.05) is 25.6 Å². The molecule has 5 heteroatoms. The van der Waals surface area contributed by atoms with Gasteiger partial charge in [-0.05, 0) is 17.7 Å². The number of aliphatic hydroxyl groups excluding tert-OH is 1. The fraction of sp³-hybridized carbons (Fsp3) is 0.250. The van der Waals surface area contributed by atoms with Crippen molar-refractivity contribution in [3.63, 3.8) is 0 Å². The number of amides is 1. The van der Waals surface area contributed by atoms with E-state index in [0.29, 0.717) is 11.4 Å². The van der Waals surface area contributed by atoms with Crippen LogP contribution in [0.1, 0.15) is 22.0 Å². The number of hydrogen-bond acceptors (Lipinski definition) is 4. The Morgan fingerprint density at radius 2 is 2.00 bits per heavy atom. The highest BCUT2D eigenvalue weighted by atomic mass is 16.3. The maximum Gasteiger partial charge on any atom is 0.252 e. The van der Waals surface area contributed by atoms with Gasteiger partial charge in [0.2, 0.25) is 0 Å². The van der Waals surface area contributed by atoms with E-state index in [-0.39, 0.29) is 12.5 Å². The molecule has 0 fully saturated rings. The predicted octanol–water partition coefficient (Wildman–Crippen LogP) is 1.61. The number of benzene rings is 1. The zero-order valence-corrected chi connectivity index (χ0v) is 12.2. The molecule has 0 aliphatic heterocycles. The van der Waals surface area contributed by atoms with E-state index in [1.165, 1.54) is 0 Å². The zero-order chi connectivity index (χ0) is 15.2. The maximum absolute atomic E-state index is 12.3.